The number of nitrogens with zero attached hydrogens (tertiary/aromatic N) is 2. The van der Waals surface area contributed by atoms with E-state index in [4.69, 9.17) is 9.47 Å². The van der Waals surface area contributed by atoms with Crippen molar-refractivity contribution in [1.82, 2.24) is 15.3 Å². The Bertz CT molecular complexity index is 835. The number of benzene rings is 1. The van der Waals surface area contributed by atoms with Crippen molar-refractivity contribution >= 4 is 17.2 Å². The summed E-state index contributed by atoms with van der Waals surface area (Å²) < 4.78 is 10.7. The molecular weight excluding hydrogens is 350 g/mol. The second kappa shape index (κ2) is 8.96. The van der Waals surface area contributed by atoms with Crippen LogP contribution in [0.15, 0.2) is 54.0 Å². The van der Waals surface area contributed by atoms with Crippen LogP contribution in [-0.4, -0.2) is 36.1 Å². The van der Waals surface area contributed by atoms with E-state index in [-0.39, 0.29) is 12.3 Å². The number of nitrogens with one attached hydrogen (secondary N) is 1. The molecule has 0 radical (unpaired) electrons. The zero-order valence-corrected chi connectivity index (χ0v) is 15.2. The van der Waals surface area contributed by atoms with E-state index in [1.165, 1.54) is 11.3 Å². The number of ether oxygens (including phenoxy) is 2. The largest absolute Gasteiger partial charge is 0.497 e. The summed E-state index contributed by atoms with van der Waals surface area (Å²) >= 11 is 1.48. The topological polar surface area (TPSA) is 73.3 Å². The first kappa shape index (κ1) is 17.9. The van der Waals surface area contributed by atoms with Crippen LogP contribution in [0.3, 0.4) is 0 Å². The molecule has 2 aromatic heterocycles. The molecule has 7 heteroatoms. The lowest BCUT2D eigenvalue weighted by Gasteiger charge is -2.08. The molecule has 0 unspecified atom stereocenters. The van der Waals surface area contributed by atoms with E-state index in [0.717, 1.165) is 27.9 Å². The van der Waals surface area contributed by atoms with Gasteiger partial charge >= 0.3 is 0 Å². The van der Waals surface area contributed by atoms with Gasteiger partial charge in [-0.15, -0.1) is 11.3 Å². The average Bonchev–Trinajstić information content (AvgIpc) is 3.15. The van der Waals surface area contributed by atoms with Crippen LogP contribution in [0.1, 0.15) is 5.69 Å². The Morgan fingerprint density at radius 2 is 1.96 bits per heavy atom. The van der Waals surface area contributed by atoms with Crippen molar-refractivity contribution in [2.75, 3.05) is 20.3 Å². The Hall–Kier alpha value is -2.93. The molecule has 0 bridgehead atoms. The molecule has 2 heterocycles. The van der Waals surface area contributed by atoms with E-state index in [1.54, 1.807) is 13.3 Å². The van der Waals surface area contributed by atoms with Crippen LogP contribution in [0.4, 0.5) is 0 Å². The van der Waals surface area contributed by atoms with Crippen LogP contribution < -0.4 is 14.8 Å². The quantitative estimate of drug-likeness (QED) is 0.618. The second-order valence-corrected chi connectivity index (χ2v) is 6.27. The Balaban J connectivity index is 1.41. The Morgan fingerprint density at radius 1 is 1.15 bits per heavy atom. The number of rotatable bonds is 8. The molecule has 1 aromatic carbocycles. The molecular formula is C19H19N3O3S. The van der Waals surface area contributed by atoms with Gasteiger partial charge in [-0.25, -0.2) is 4.98 Å². The van der Waals surface area contributed by atoms with Gasteiger partial charge in [0.2, 0.25) is 5.91 Å². The van der Waals surface area contributed by atoms with Crippen molar-refractivity contribution in [3.8, 4) is 22.2 Å². The van der Waals surface area contributed by atoms with Gasteiger partial charge in [-0.1, -0.05) is 6.07 Å². The zero-order chi connectivity index (χ0) is 18.2. The molecule has 6 nitrogen and oxygen atoms in total. The van der Waals surface area contributed by atoms with Crippen molar-refractivity contribution in [1.29, 1.82) is 0 Å². The van der Waals surface area contributed by atoms with Gasteiger partial charge in [0.05, 0.1) is 31.5 Å². The van der Waals surface area contributed by atoms with Gasteiger partial charge < -0.3 is 14.8 Å². The molecule has 3 rings (SSSR count). The summed E-state index contributed by atoms with van der Waals surface area (Å²) in [7, 11) is 1.62. The zero-order valence-electron chi connectivity index (χ0n) is 14.3. The molecule has 0 aliphatic heterocycles. The fourth-order valence-electron chi connectivity index (χ4n) is 2.25. The monoisotopic (exact) mass is 369 g/mol. The van der Waals surface area contributed by atoms with E-state index < -0.39 is 0 Å². The maximum absolute atomic E-state index is 12.0. The minimum absolute atomic E-state index is 0.0822. The normalized spacial score (nSPS) is 10.3. The SMILES string of the molecule is COc1ccc(OCCNC(=O)Cc2csc(-c3ccccn3)n2)cc1. The standard InChI is InChI=1S/C19H19N3O3S/c1-24-15-5-7-16(8-6-15)25-11-10-21-18(23)12-14-13-26-19(22-14)17-4-2-3-9-20-17/h2-9,13H,10-12H2,1H3,(H,21,23). The minimum Gasteiger partial charge on any atom is -0.497 e. The van der Waals surface area contributed by atoms with Crippen LogP contribution in [-0.2, 0) is 11.2 Å². The summed E-state index contributed by atoms with van der Waals surface area (Å²) in [6.45, 7) is 0.830. The molecule has 1 amide bonds. The maximum atomic E-state index is 12.0. The molecule has 26 heavy (non-hydrogen) atoms. The lowest BCUT2D eigenvalue weighted by Crippen LogP contribution is -2.29. The lowest BCUT2D eigenvalue weighted by atomic mass is 10.3. The van der Waals surface area contributed by atoms with Crippen LogP contribution in [0.5, 0.6) is 11.5 Å². The Kier molecular flexibility index (Phi) is 6.16. The fourth-order valence-corrected chi connectivity index (χ4v) is 3.05. The van der Waals surface area contributed by atoms with E-state index in [9.17, 15) is 4.79 Å². The molecule has 0 spiro atoms. The third-order valence-corrected chi connectivity index (χ3v) is 4.44. The van der Waals surface area contributed by atoms with E-state index in [2.05, 4.69) is 15.3 Å². The van der Waals surface area contributed by atoms with E-state index >= 15 is 0 Å². The Morgan fingerprint density at radius 3 is 2.69 bits per heavy atom. The second-order valence-electron chi connectivity index (χ2n) is 5.41. The number of pyridine rings is 1. The van der Waals surface area contributed by atoms with Gasteiger partial charge in [-0.05, 0) is 36.4 Å². The highest BCUT2D eigenvalue weighted by Crippen LogP contribution is 2.21. The highest BCUT2D eigenvalue weighted by atomic mass is 32.1. The van der Waals surface area contributed by atoms with E-state index in [0.29, 0.717) is 13.2 Å². The van der Waals surface area contributed by atoms with Crippen LogP contribution in [0.2, 0.25) is 0 Å². The van der Waals surface area contributed by atoms with Gasteiger partial charge in [0.15, 0.2) is 0 Å². The molecule has 0 saturated heterocycles. The van der Waals surface area contributed by atoms with Crippen LogP contribution in [0.25, 0.3) is 10.7 Å². The van der Waals surface area contributed by atoms with Crippen molar-refractivity contribution in [2.24, 2.45) is 0 Å². The first-order valence-electron chi connectivity index (χ1n) is 8.14. The number of hydrogen-bond acceptors (Lipinski definition) is 6. The predicted molar refractivity (Wildman–Crippen MR) is 101 cm³/mol. The smallest absolute Gasteiger partial charge is 0.226 e. The highest BCUT2D eigenvalue weighted by Gasteiger charge is 2.09. The van der Waals surface area contributed by atoms with Crippen molar-refractivity contribution in [2.45, 2.75) is 6.42 Å². The average molecular weight is 369 g/mol. The number of carbonyl (C=O) groups excluding carboxylic acids is 1. The highest BCUT2D eigenvalue weighted by molar-refractivity contribution is 7.13. The molecule has 0 aliphatic rings. The van der Waals surface area contributed by atoms with Crippen molar-refractivity contribution in [3.05, 3.63) is 59.7 Å². The molecule has 1 N–H and O–H groups in total. The minimum atomic E-state index is -0.0822. The van der Waals surface area contributed by atoms with Gasteiger partial charge in [0.1, 0.15) is 23.1 Å². The summed E-state index contributed by atoms with van der Waals surface area (Å²) in [5, 5.41) is 5.54. The molecule has 134 valence electrons. The summed E-state index contributed by atoms with van der Waals surface area (Å²) in [6.07, 6.45) is 1.97. The van der Waals surface area contributed by atoms with Gasteiger partial charge in [0.25, 0.3) is 0 Å². The molecule has 0 fully saturated rings. The Labute approximate surface area is 155 Å². The van der Waals surface area contributed by atoms with Gasteiger partial charge in [0, 0.05) is 11.6 Å². The first-order chi connectivity index (χ1) is 12.7. The number of thiazole rings is 1. The lowest BCUT2D eigenvalue weighted by molar-refractivity contribution is -0.120. The first-order valence-corrected chi connectivity index (χ1v) is 9.02. The van der Waals surface area contributed by atoms with Crippen LogP contribution >= 0.6 is 11.3 Å². The number of amides is 1. The summed E-state index contributed by atoms with van der Waals surface area (Å²) in [5.74, 6) is 1.43. The van der Waals surface area contributed by atoms with Crippen molar-refractivity contribution < 1.29 is 14.3 Å². The van der Waals surface area contributed by atoms with Gasteiger partial charge in [-0.2, -0.15) is 0 Å². The number of methoxy groups -OCH3 is 1. The summed E-state index contributed by atoms with van der Waals surface area (Å²) in [5.41, 5.74) is 1.56. The number of carbonyl (C=O) groups is 1. The molecule has 0 saturated carbocycles. The predicted octanol–water partition coefficient (Wildman–Crippen LogP) is 2.95. The van der Waals surface area contributed by atoms with E-state index in [1.807, 2.05) is 47.8 Å². The maximum Gasteiger partial charge on any atom is 0.226 e. The summed E-state index contributed by atoms with van der Waals surface area (Å²) in [4.78, 5) is 20.7. The van der Waals surface area contributed by atoms with Crippen molar-refractivity contribution in [3.63, 3.8) is 0 Å². The molecule has 3 aromatic rings. The molecule has 0 aliphatic carbocycles. The number of hydrogen-bond donors (Lipinski definition) is 1. The van der Waals surface area contributed by atoms with Crippen LogP contribution in [0, 0.1) is 0 Å². The number of aromatic nitrogens is 2. The third kappa shape index (κ3) is 5.03. The third-order valence-electron chi connectivity index (χ3n) is 3.53. The van der Waals surface area contributed by atoms with Gasteiger partial charge in [-0.3, -0.25) is 9.78 Å². The molecule has 0 atom stereocenters. The fraction of sp³-hybridized carbons (Fsp3) is 0.211. The summed E-state index contributed by atoms with van der Waals surface area (Å²) in [6, 6.07) is 13.0.